The van der Waals surface area contributed by atoms with Gasteiger partial charge in [0.05, 0.1) is 18.9 Å². The predicted molar refractivity (Wildman–Crippen MR) is 78.6 cm³/mol. The van der Waals surface area contributed by atoms with E-state index < -0.39 is 24.4 Å². The molecule has 1 fully saturated rings. The van der Waals surface area contributed by atoms with E-state index in [1.165, 1.54) is 6.33 Å². The van der Waals surface area contributed by atoms with Crippen LogP contribution in [-0.2, 0) is 4.74 Å². The van der Waals surface area contributed by atoms with Crippen molar-refractivity contribution >= 4 is 22.9 Å². The zero-order valence-electron chi connectivity index (χ0n) is 11.8. The van der Waals surface area contributed by atoms with Gasteiger partial charge in [-0.2, -0.15) is 9.97 Å². The lowest BCUT2D eigenvalue weighted by Gasteiger charge is -2.17. The minimum atomic E-state index is -0.972. The highest BCUT2D eigenvalue weighted by atomic mass is 16.5. The van der Waals surface area contributed by atoms with Gasteiger partial charge in [-0.1, -0.05) is 5.92 Å². The Morgan fingerprint density at radius 2 is 2.32 bits per heavy atom. The van der Waals surface area contributed by atoms with Crippen molar-refractivity contribution in [3.63, 3.8) is 0 Å². The van der Waals surface area contributed by atoms with Gasteiger partial charge in [0.1, 0.15) is 12.2 Å². The van der Waals surface area contributed by atoms with Crippen LogP contribution >= 0.6 is 0 Å². The van der Waals surface area contributed by atoms with E-state index in [-0.39, 0.29) is 12.6 Å². The second-order valence-corrected chi connectivity index (χ2v) is 4.94. The molecule has 3 rings (SSSR count). The van der Waals surface area contributed by atoms with Crippen molar-refractivity contribution in [3.8, 4) is 12.3 Å². The molecule has 5 N–H and O–H groups in total. The molecule has 9 heteroatoms. The molecule has 0 aromatic carbocycles. The monoisotopic (exact) mass is 304 g/mol. The minimum absolute atomic E-state index is 0.0770. The van der Waals surface area contributed by atoms with Crippen molar-refractivity contribution in [2.75, 3.05) is 24.7 Å². The van der Waals surface area contributed by atoms with E-state index >= 15 is 0 Å². The molecule has 3 heterocycles. The fraction of sp³-hybridized carbons (Fsp3) is 0.462. The summed E-state index contributed by atoms with van der Waals surface area (Å²) in [6, 6.07) is 0. The molecule has 22 heavy (non-hydrogen) atoms. The maximum Gasteiger partial charge on any atom is 0.224 e. The molecule has 9 nitrogen and oxygen atoms in total. The average Bonchev–Trinajstić information content (AvgIpc) is 3.06. The Morgan fingerprint density at radius 1 is 1.55 bits per heavy atom. The van der Waals surface area contributed by atoms with E-state index in [4.69, 9.17) is 16.9 Å². The Bertz CT molecular complexity index is 739. The minimum Gasteiger partial charge on any atom is -0.394 e. The molecule has 0 amide bonds. The number of nitrogens with one attached hydrogen (secondary N) is 1. The van der Waals surface area contributed by atoms with E-state index in [0.717, 1.165) is 0 Å². The predicted octanol–water partition coefficient (Wildman–Crippen LogP) is -1.05. The van der Waals surface area contributed by atoms with Crippen LogP contribution in [0.3, 0.4) is 0 Å². The van der Waals surface area contributed by atoms with E-state index in [2.05, 4.69) is 26.2 Å². The van der Waals surface area contributed by atoms with Crippen LogP contribution < -0.4 is 11.1 Å². The summed E-state index contributed by atoms with van der Waals surface area (Å²) in [6.07, 6.45) is 4.57. The zero-order chi connectivity index (χ0) is 15.9. The number of anilines is 2. The first-order valence-electron chi connectivity index (χ1n) is 6.69. The standard InChI is InChI=1S/C13H16N6O3/c1-3-6-9(21)7(4-20)22-12(6)19-5-16-8-10(15-2)17-13(14)18-11(8)19/h1,5-7,9,12,20-21H,4H2,2H3,(H3,14,15,17,18)/t6?,7?,9-,12?/m0/s1. The lowest BCUT2D eigenvalue weighted by Crippen LogP contribution is -2.28. The Kier molecular flexibility index (Phi) is 3.58. The number of nitrogen functional groups attached to an aromatic ring is 1. The molecule has 0 spiro atoms. The number of aliphatic hydroxyl groups excluding tert-OH is 2. The SMILES string of the molecule is C#CC1C(n2cnc3c(NC)nc(N)nc32)OC(CO)[C@H]1O. The maximum absolute atomic E-state index is 10.1. The fourth-order valence-corrected chi connectivity index (χ4v) is 2.61. The van der Waals surface area contributed by atoms with Gasteiger partial charge >= 0.3 is 0 Å². The molecule has 0 saturated carbocycles. The second-order valence-electron chi connectivity index (χ2n) is 4.94. The Hall–Kier alpha value is -2.41. The van der Waals surface area contributed by atoms with Gasteiger partial charge < -0.3 is 26.0 Å². The lowest BCUT2D eigenvalue weighted by atomic mass is 10.0. The van der Waals surface area contributed by atoms with E-state index in [1.54, 1.807) is 11.6 Å². The first-order valence-corrected chi connectivity index (χ1v) is 6.69. The molecule has 2 aromatic heterocycles. The lowest BCUT2D eigenvalue weighted by molar-refractivity contribution is -0.0441. The molecule has 0 bridgehead atoms. The van der Waals surface area contributed by atoms with Gasteiger partial charge in [0.2, 0.25) is 5.95 Å². The van der Waals surface area contributed by atoms with Crippen LogP contribution in [0.5, 0.6) is 0 Å². The molecular weight excluding hydrogens is 288 g/mol. The van der Waals surface area contributed by atoms with Crippen LogP contribution in [0.25, 0.3) is 11.2 Å². The third-order valence-corrected chi connectivity index (χ3v) is 3.69. The smallest absolute Gasteiger partial charge is 0.224 e. The molecule has 3 unspecified atom stereocenters. The highest BCUT2D eigenvalue weighted by Crippen LogP contribution is 2.36. The average molecular weight is 304 g/mol. The molecule has 116 valence electrons. The van der Waals surface area contributed by atoms with E-state index in [1.807, 2.05) is 0 Å². The summed E-state index contributed by atoms with van der Waals surface area (Å²) in [7, 11) is 1.70. The Labute approximate surface area is 126 Å². The van der Waals surface area contributed by atoms with Gasteiger partial charge in [-0.25, -0.2) is 4.98 Å². The number of terminal acetylenes is 1. The summed E-state index contributed by atoms with van der Waals surface area (Å²) in [4.78, 5) is 12.5. The quantitative estimate of drug-likeness (QED) is 0.528. The second kappa shape index (κ2) is 5.42. The molecule has 4 atom stereocenters. The van der Waals surface area contributed by atoms with Crippen molar-refractivity contribution in [3.05, 3.63) is 6.33 Å². The third kappa shape index (κ3) is 2.05. The van der Waals surface area contributed by atoms with Gasteiger partial charge in [-0.15, -0.1) is 6.42 Å². The highest BCUT2D eigenvalue weighted by Gasteiger charge is 2.44. The number of nitrogens with zero attached hydrogens (tertiary/aromatic N) is 4. The van der Waals surface area contributed by atoms with Crippen molar-refractivity contribution in [1.82, 2.24) is 19.5 Å². The number of aromatic nitrogens is 4. The molecule has 0 aliphatic carbocycles. The number of aliphatic hydroxyl groups is 2. The van der Waals surface area contributed by atoms with Gasteiger partial charge in [0.15, 0.2) is 23.2 Å². The number of hydrogen-bond acceptors (Lipinski definition) is 8. The molecule has 1 saturated heterocycles. The number of fused-ring (bicyclic) bond motifs is 1. The van der Waals surface area contributed by atoms with Crippen LogP contribution in [0.15, 0.2) is 6.33 Å². The summed E-state index contributed by atoms with van der Waals surface area (Å²) in [5, 5.41) is 22.3. The van der Waals surface area contributed by atoms with Gasteiger partial charge in [0.25, 0.3) is 0 Å². The molecule has 1 aliphatic heterocycles. The number of rotatable bonds is 3. The normalized spacial score (nSPS) is 27.9. The van der Waals surface area contributed by atoms with Crippen molar-refractivity contribution in [1.29, 1.82) is 0 Å². The van der Waals surface area contributed by atoms with Crippen LogP contribution in [0, 0.1) is 18.3 Å². The summed E-state index contributed by atoms with van der Waals surface area (Å²) < 4.78 is 7.25. The molecule has 1 aliphatic rings. The largest absolute Gasteiger partial charge is 0.394 e. The van der Waals surface area contributed by atoms with Gasteiger partial charge in [-0.3, -0.25) is 4.57 Å². The van der Waals surface area contributed by atoms with Crippen LogP contribution in [0.1, 0.15) is 6.23 Å². The maximum atomic E-state index is 10.1. The summed E-state index contributed by atoms with van der Waals surface area (Å²) in [5.74, 6) is 2.42. The van der Waals surface area contributed by atoms with Crippen LogP contribution in [-0.4, -0.2) is 55.6 Å². The first kappa shape index (κ1) is 14.5. The molecular formula is C13H16N6O3. The molecule has 2 aromatic rings. The van der Waals surface area contributed by atoms with Crippen molar-refractivity contribution in [2.24, 2.45) is 5.92 Å². The highest BCUT2D eigenvalue weighted by molar-refractivity contribution is 5.84. The van der Waals surface area contributed by atoms with Gasteiger partial charge in [0, 0.05) is 7.05 Å². The third-order valence-electron chi connectivity index (χ3n) is 3.69. The summed E-state index contributed by atoms with van der Waals surface area (Å²) in [5.41, 5.74) is 6.65. The van der Waals surface area contributed by atoms with Gasteiger partial charge in [-0.05, 0) is 0 Å². The number of imidazole rings is 1. The number of nitrogens with two attached hydrogens (primary N) is 1. The Balaban J connectivity index is 2.11. The van der Waals surface area contributed by atoms with Crippen LogP contribution in [0.2, 0.25) is 0 Å². The van der Waals surface area contributed by atoms with Crippen LogP contribution in [0.4, 0.5) is 11.8 Å². The number of ether oxygens (including phenoxy) is 1. The number of hydrogen-bond donors (Lipinski definition) is 4. The molecule has 0 radical (unpaired) electrons. The summed E-state index contributed by atoms with van der Waals surface area (Å²) in [6.45, 7) is -0.332. The first-order chi connectivity index (χ1) is 10.6. The summed E-state index contributed by atoms with van der Waals surface area (Å²) >= 11 is 0. The fourth-order valence-electron chi connectivity index (χ4n) is 2.61. The topological polar surface area (TPSA) is 131 Å². The van der Waals surface area contributed by atoms with E-state index in [9.17, 15) is 10.2 Å². The van der Waals surface area contributed by atoms with Crippen molar-refractivity contribution in [2.45, 2.75) is 18.4 Å². The zero-order valence-corrected chi connectivity index (χ0v) is 11.8. The Morgan fingerprint density at radius 3 is 2.95 bits per heavy atom. The van der Waals surface area contributed by atoms with E-state index in [0.29, 0.717) is 17.0 Å². The van der Waals surface area contributed by atoms with Crippen molar-refractivity contribution < 1.29 is 14.9 Å².